The molecule has 8 nitrogen and oxygen atoms in total. The summed E-state index contributed by atoms with van der Waals surface area (Å²) >= 11 is 0. The van der Waals surface area contributed by atoms with E-state index in [9.17, 15) is 9.59 Å². The van der Waals surface area contributed by atoms with E-state index < -0.39 is 5.82 Å². The second-order valence-electron chi connectivity index (χ2n) is 8.69. The lowest BCUT2D eigenvalue weighted by atomic mass is 9.81. The van der Waals surface area contributed by atoms with Crippen molar-refractivity contribution in [2.75, 3.05) is 25.0 Å². The molecule has 3 aromatic rings. The number of fused-ring (bicyclic) bond motifs is 2. The molecule has 1 amide bonds. The number of nitrogens with zero attached hydrogens (tertiary/aromatic N) is 4. The minimum atomic E-state index is -0.396. The number of nitrogens with one attached hydrogen (secondary N) is 2. The molecule has 0 aromatic carbocycles. The average Bonchev–Trinajstić information content (AvgIpc) is 2.81. The first kappa shape index (κ1) is 21.5. The molecule has 4 heterocycles. The molecule has 1 aliphatic carbocycles. The summed E-state index contributed by atoms with van der Waals surface area (Å²) in [6, 6.07) is 6.00. The highest BCUT2D eigenvalue weighted by molar-refractivity contribution is 5.92. The van der Waals surface area contributed by atoms with Gasteiger partial charge in [-0.1, -0.05) is 6.92 Å². The predicted octanol–water partition coefficient (Wildman–Crippen LogP) is 2.23. The summed E-state index contributed by atoms with van der Waals surface area (Å²) in [5, 5.41) is 2.58. The molecule has 2 atom stereocenters. The van der Waals surface area contributed by atoms with Crippen LogP contribution in [0.1, 0.15) is 41.4 Å². The van der Waals surface area contributed by atoms with Crippen LogP contribution >= 0.6 is 0 Å². The molecule has 0 radical (unpaired) electrons. The summed E-state index contributed by atoms with van der Waals surface area (Å²) in [5.41, 5.74) is 2.90. The van der Waals surface area contributed by atoms with Gasteiger partial charge in [0.15, 0.2) is 5.82 Å². The third-order valence-electron chi connectivity index (χ3n) is 6.95. The number of pyridine rings is 3. The number of H-pyrrole nitrogens is 1. The van der Waals surface area contributed by atoms with Gasteiger partial charge in [0.25, 0.3) is 11.5 Å². The Labute approximate surface area is 190 Å². The van der Waals surface area contributed by atoms with Gasteiger partial charge >= 0.3 is 0 Å². The molecular formula is C24H27FN6O2. The van der Waals surface area contributed by atoms with Crippen molar-refractivity contribution in [3.05, 3.63) is 63.6 Å². The Hall–Kier alpha value is -3.33. The SMILES string of the molecule is CCc1cc2ncc(CN3CCN(c4ccc(C(=O)NC)nc4)[C@H]4CC[C@H]43)c(F)c2[nH]c1=O. The molecule has 9 heteroatoms. The highest BCUT2D eigenvalue weighted by atomic mass is 19.1. The normalized spacial score (nSPS) is 20.4. The largest absolute Gasteiger partial charge is 0.364 e. The monoisotopic (exact) mass is 450 g/mol. The van der Waals surface area contributed by atoms with Gasteiger partial charge in [-0.25, -0.2) is 9.37 Å². The highest BCUT2D eigenvalue weighted by Gasteiger charge is 2.43. The highest BCUT2D eigenvalue weighted by Crippen LogP contribution is 2.37. The molecule has 172 valence electrons. The summed E-state index contributed by atoms with van der Waals surface area (Å²) in [6.07, 6.45) is 6.03. The number of amides is 1. The Balaban J connectivity index is 1.34. The van der Waals surface area contributed by atoms with Crippen LogP contribution in [0.2, 0.25) is 0 Å². The van der Waals surface area contributed by atoms with Gasteiger partial charge in [-0.15, -0.1) is 0 Å². The number of aromatic nitrogens is 3. The number of hydrogen-bond donors (Lipinski definition) is 2. The molecule has 1 saturated heterocycles. The molecular weight excluding hydrogens is 423 g/mol. The van der Waals surface area contributed by atoms with Gasteiger partial charge in [-0.05, 0) is 37.5 Å². The van der Waals surface area contributed by atoms with Crippen LogP contribution in [0.3, 0.4) is 0 Å². The predicted molar refractivity (Wildman–Crippen MR) is 124 cm³/mol. The first-order chi connectivity index (χ1) is 16.0. The molecule has 0 bridgehead atoms. The third kappa shape index (κ3) is 3.76. The van der Waals surface area contributed by atoms with Crippen LogP contribution in [0, 0.1) is 5.82 Å². The van der Waals surface area contributed by atoms with Crippen LogP contribution in [0.25, 0.3) is 11.0 Å². The molecule has 2 N–H and O–H groups in total. The van der Waals surface area contributed by atoms with Crippen molar-refractivity contribution in [1.29, 1.82) is 0 Å². The number of halogens is 1. The maximum absolute atomic E-state index is 15.3. The lowest BCUT2D eigenvalue weighted by Gasteiger charge is -2.54. The van der Waals surface area contributed by atoms with E-state index in [1.165, 1.54) is 0 Å². The number of carbonyl (C=O) groups excluding carboxylic acids is 1. The number of anilines is 1. The average molecular weight is 451 g/mol. The summed E-state index contributed by atoms with van der Waals surface area (Å²) in [6.45, 7) is 3.92. The van der Waals surface area contributed by atoms with Gasteiger partial charge < -0.3 is 15.2 Å². The molecule has 0 unspecified atom stereocenters. The third-order valence-corrected chi connectivity index (χ3v) is 6.95. The zero-order valence-electron chi connectivity index (χ0n) is 18.8. The van der Waals surface area contributed by atoms with E-state index in [1.807, 2.05) is 13.0 Å². The zero-order valence-corrected chi connectivity index (χ0v) is 18.8. The minimum absolute atomic E-state index is 0.181. The van der Waals surface area contributed by atoms with E-state index in [-0.39, 0.29) is 17.0 Å². The lowest BCUT2D eigenvalue weighted by Crippen LogP contribution is -2.64. The Morgan fingerprint density at radius 1 is 1.18 bits per heavy atom. The fourth-order valence-electron chi connectivity index (χ4n) is 4.94. The first-order valence-corrected chi connectivity index (χ1v) is 11.4. The second-order valence-corrected chi connectivity index (χ2v) is 8.69. The van der Waals surface area contributed by atoms with Crippen LogP contribution in [0.5, 0.6) is 0 Å². The molecule has 0 spiro atoms. The number of aryl methyl sites for hydroxylation is 1. The van der Waals surface area contributed by atoms with Gasteiger partial charge in [-0.2, -0.15) is 0 Å². The maximum atomic E-state index is 15.3. The molecule has 2 fully saturated rings. The van der Waals surface area contributed by atoms with E-state index in [0.29, 0.717) is 47.4 Å². The van der Waals surface area contributed by atoms with Gasteiger partial charge in [0.1, 0.15) is 11.2 Å². The first-order valence-electron chi connectivity index (χ1n) is 11.4. The summed E-state index contributed by atoms with van der Waals surface area (Å²) in [5.74, 6) is -0.599. The number of aromatic amines is 1. The summed E-state index contributed by atoms with van der Waals surface area (Å²) in [4.78, 5) is 40.0. The van der Waals surface area contributed by atoms with Crippen LogP contribution in [-0.4, -0.2) is 58.0 Å². The Morgan fingerprint density at radius 3 is 2.67 bits per heavy atom. The smallest absolute Gasteiger partial charge is 0.269 e. The van der Waals surface area contributed by atoms with E-state index >= 15 is 4.39 Å². The standard InChI is InChI=1S/C24H27FN6O2/c1-3-14-10-18-22(29-23(14)32)21(25)15(11-27-18)13-30-8-9-31(20-7-6-19(20)30)16-4-5-17(28-12-16)24(33)26-2/h4-5,10-12,19-20H,3,6-9,13H2,1-2H3,(H,26,33)(H,29,32)/t19-,20+/m1/s1. The van der Waals surface area contributed by atoms with E-state index in [0.717, 1.165) is 31.6 Å². The molecule has 1 aliphatic heterocycles. The molecule has 2 aliphatic rings. The number of rotatable bonds is 5. The minimum Gasteiger partial charge on any atom is -0.364 e. The summed E-state index contributed by atoms with van der Waals surface area (Å²) in [7, 11) is 1.59. The van der Waals surface area contributed by atoms with Crippen molar-refractivity contribution in [1.82, 2.24) is 25.2 Å². The Morgan fingerprint density at radius 2 is 2.00 bits per heavy atom. The van der Waals surface area contributed by atoms with Crippen LogP contribution in [-0.2, 0) is 13.0 Å². The van der Waals surface area contributed by atoms with Gasteiger partial charge in [0.2, 0.25) is 0 Å². The van der Waals surface area contributed by atoms with Crippen molar-refractivity contribution in [3.8, 4) is 0 Å². The van der Waals surface area contributed by atoms with E-state index in [2.05, 4.69) is 30.1 Å². The van der Waals surface area contributed by atoms with Gasteiger partial charge in [-0.3, -0.25) is 19.5 Å². The Bertz CT molecular complexity index is 1260. The maximum Gasteiger partial charge on any atom is 0.269 e. The molecule has 1 saturated carbocycles. The molecule has 5 rings (SSSR count). The van der Waals surface area contributed by atoms with Gasteiger partial charge in [0.05, 0.1) is 17.4 Å². The number of piperazine rings is 1. The topological polar surface area (TPSA) is 94.2 Å². The number of carbonyl (C=O) groups is 1. The van der Waals surface area contributed by atoms with E-state index in [4.69, 9.17) is 0 Å². The molecule has 3 aromatic heterocycles. The summed E-state index contributed by atoms with van der Waals surface area (Å²) < 4.78 is 15.3. The van der Waals surface area contributed by atoms with Crippen LogP contribution in [0.4, 0.5) is 10.1 Å². The van der Waals surface area contributed by atoms with Crippen molar-refractivity contribution < 1.29 is 9.18 Å². The zero-order chi connectivity index (χ0) is 23.1. The van der Waals surface area contributed by atoms with Crippen LogP contribution in [0.15, 0.2) is 35.4 Å². The Kier molecular flexibility index (Phi) is 5.57. The van der Waals surface area contributed by atoms with Crippen molar-refractivity contribution >= 4 is 22.6 Å². The number of hydrogen-bond acceptors (Lipinski definition) is 6. The van der Waals surface area contributed by atoms with Crippen LogP contribution < -0.4 is 15.8 Å². The van der Waals surface area contributed by atoms with Crippen molar-refractivity contribution in [3.63, 3.8) is 0 Å². The molecule has 33 heavy (non-hydrogen) atoms. The van der Waals surface area contributed by atoms with Crippen molar-refractivity contribution in [2.24, 2.45) is 0 Å². The second kappa shape index (κ2) is 8.55. The fourth-order valence-corrected chi connectivity index (χ4v) is 4.94. The quantitative estimate of drug-likeness (QED) is 0.619. The van der Waals surface area contributed by atoms with E-state index in [1.54, 1.807) is 31.6 Å². The lowest BCUT2D eigenvalue weighted by molar-refractivity contribution is 0.0649. The fraction of sp³-hybridized carbons (Fsp3) is 0.417. The van der Waals surface area contributed by atoms with Gasteiger partial charge in [0, 0.05) is 56.1 Å². The van der Waals surface area contributed by atoms with Crippen molar-refractivity contribution in [2.45, 2.75) is 44.8 Å².